The quantitative estimate of drug-likeness (QED) is 0.582. The average molecular weight is 416 g/mol. The zero-order valence-electron chi connectivity index (χ0n) is 15.8. The summed E-state index contributed by atoms with van der Waals surface area (Å²) in [7, 11) is -3.85. The van der Waals surface area contributed by atoms with Crippen molar-refractivity contribution >= 4 is 27.0 Å². The molecule has 1 aliphatic carbocycles. The van der Waals surface area contributed by atoms with Gasteiger partial charge in [-0.15, -0.1) is 0 Å². The van der Waals surface area contributed by atoms with Crippen molar-refractivity contribution in [2.45, 2.75) is 43.7 Å². The number of hydrogen-bond acceptors (Lipinski definition) is 6. The molecule has 0 radical (unpaired) electrons. The van der Waals surface area contributed by atoms with E-state index in [1.165, 1.54) is 0 Å². The monoisotopic (exact) mass is 416 g/mol. The van der Waals surface area contributed by atoms with Crippen molar-refractivity contribution in [1.82, 2.24) is 20.2 Å². The molecule has 10 heteroatoms. The first-order chi connectivity index (χ1) is 13.7. The van der Waals surface area contributed by atoms with Gasteiger partial charge < -0.3 is 14.9 Å². The van der Waals surface area contributed by atoms with Crippen LogP contribution >= 0.6 is 0 Å². The van der Waals surface area contributed by atoms with Crippen LogP contribution in [0.2, 0.25) is 0 Å². The van der Waals surface area contributed by atoms with Crippen molar-refractivity contribution in [3.63, 3.8) is 0 Å². The van der Waals surface area contributed by atoms with Crippen molar-refractivity contribution < 1.29 is 22.8 Å². The Kier molecular flexibility index (Phi) is 4.75. The first-order valence-electron chi connectivity index (χ1n) is 9.08. The normalized spacial score (nSPS) is 19.1. The van der Waals surface area contributed by atoms with Crippen molar-refractivity contribution in [1.29, 1.82) is 0 Å². The predicted octanol–water partition coefficient (Wildman–Crippen LogP) is 2.58. The molecule has 1 aliphatic rings. The lowest BCUT2D eigenvalue weighted by molar-refractivity contribution is 0.176. The minimum Gasteiger partial charge on any atom is -0.465 e. The molecule has 1 amide bonds. The van der Waals surface area contributed by atoms with Gasteiger partial charge in [0.1, 0.15) is 5.76 Å². The number of sulfonamides is 1. The van der Waals surface area contributed by atoms with E-state index in [4.69, 9.17) is 9.63 Å². The fourth-order valence-electron chi connectivity index (χ4n) is 3.70. The summed E-state index contributed by atoms with van der Waals surface area (Å²) in [4.78, 5) is 15.1. The molecule has 1 saturated carbocycles. The fraction of sp³-hybridized carbons (Fsp3) is 0.316. The van der Waals surface area contributed by atoms with Crippen LogP contribution < -0.4 is 10.0 Å². The molecule has 0 saturated heterocycles. The third kappa shape index (κ3) is 3.68. The minimum absolute atomic E-state index is 0.118. The van der Waals surface area contributed by atoms with Gasteiger partial charge in [0.25, 0.3) is 0 Å². The molecule has 3 aromatic rings. The Balaban J connectivity index is 1.72. The van der Waals surface area contributed by atoms with Crippen molar-refractivity contribution in [3.8, 4) is 11.1 Å². The number of hydrogen-bond donors (Lipinski definition) is 3. The Hall–Kier alpha value is -2.98. The van der Waals surface area contributed by atoms with Gasteiger partial charge in [-0.2, -0.15) is 0 Å². The van der Waals surface area contributed by atoms with Gasteiger partial charge in [0.15, 0.2) is 0 Å². The Morgan fingerprint density at radius 3 is 2.66 bits per heavy atom. The maximum Gasteiger partial charge on any atom is 0.404 e. The molecule has 0 spiro atoms. The summed E-state index contributed by atoms with van der Waals surface area (Å²) in [6.45, 7) is 3.57. The fourth-order valence-corrected chi connectivity index (χ4v) is 5.20. The van der Waals surface area contributed by atoms with Crippen LogP contribution in [0.3, 0.4) is 0 Å². The van der Waals surface area contributed by atoms with E-state index in [0.717, 1.165) is 5.56 Å². The maximum atomic E-state index is 13.2. The predicted molar refractivity (Wildman–Crippen MR) is 105 cm³/mol. The summed E-state index contributed by atoms with van der Waals surface area (Å²) in [5.74, 6) is 0.593. The van der Waals surface area contributed by atoms with Gasteiger partial charge in [-0.05, 0) is 56.5 Å². The molecular weight excluding hydrogens is 396 g/mol. The lowest BCUT2D eigenvalue weighted by atomic mass is 9.88. The Bertz CT molecular complexity index is 1180. The number of benzene rings is 1. The zero-order chi connectivity index (χ0) is 20.8. The summed E-state index contributed by atoms with van der Waals surface area (Å²) in [5, 5.41) is 15.6. The van der Waals surface area contributed by atoms with E-state index in [2.05, 4.69) is 20.2 Å². The highest BCUT2D eigenvalue weighted by atomic mass is 32.2. The number of aryl methyl sites for hydroxylation is 2. The van der Waals surface area contributed by atoms with Crippen LogP contribution in [-0.2, 0) is 10.0 Å². The minimum atomic E-state index is -3.85. The van der Waals surface area contributed by atoms with Gasteiger partial charge >= 0.3 is 6.09 Å². The Labute approximate surface area is 167 Å². The molecule has 0 bridgehead atoms. The molecule has 2 heterocycles. The number of pyridine rings is 1. The second-order valence-corrected chi connectivity index (χ2v) is 8.86. The molecule has 9 nitrogen and oxygen atoms in total. The molecule has 29 heavy (non-hydrogen) atoms. The van der Waals surface area contributed by atoms with E-state index in [1.54, 1.807) is 38.2 Å². The molecule has 0 atom stereocenters. The Morgan fingerprint density at radius 1 is 1.24 bits per heavy atom. The highest BCUT2D eigenvalue weighted by Crippen LogP contribution is 2.33. The summed E-state index contributed by atoms with van der Waals surface area (Å²) >= 11 is 0. The van der Waals surface area contributed by atoms with E-state index < -0.39 is 16.1 Å². The van der Waals surface area contributed by atoms with Crippen LogP contribution in [0.15, 0.2) is 39.9 Å². The van der Waals surface area contributed by atoms with E-state index in [-0.39, 0.29) is 17.0 Å². The number of nitrogens with zero attached hydrogens (tertiary/aromatic N) is 2. The third-order valence-corrected chi connectivity index (χ3v) is 6.64. The number of rotatable bonds is 5. The summed E-state index contributed by atoms with van der Waals surface area (Å²) in [5.41, 5.74) is 2.61. The van der Waals surface area contributed by atoms with Crippen LogP contribution in [-0.4, -0.2) is 41.8 Å². The highest BCUT2D eigenvalue weighted by Gasteiger charge is 2.34. The second-order valence-electron chi connectivity index (χ2n) is 7.18. The van der Waals surface area contributed by atoms with Gasteiger partial charge in [0.05, 0.1) is 16.1 Å². The molecule has 0 aliphatic heterocycles. The average Bonchev–Trinajstić information content (AvgIpc) is 2.97. The molecule has 2 aromatic heterocycles. The van der Waals surface area contributed by atoms with Crippen LogP contribution in [0, 0.1) is 13.8 Å². The van der Waals surface area contributed by atoms with Gasteiger partial charge in [-0.25, -0.2) is 17.9 Å². The van der Waals surface area contributed by atoms with Gasteiger partial charge in [-0.3, -0.25) is 4.98 Å². The molecular formula is C19H20N4O5S. The van der Waals surface area contributed by atoms with Crippen LogP contribution in [0.1, 0.15) is 24.3 Å². The van der Waals surface area contributed by atoms with Crippen LogP contribution in [0.25, 0.3) is 22.0 Å². The molecule has 1 aromatic carbocycles. The first kappa shape index (κ1) is 19.3. The lowest BCUT2D eigenvalue weighted by Gasteiger charge is -2.35. The van der Waals surface area contributed by atoms with Crippen molar-refractivity contribution in [2.24, 2.45) is 0 Å². The van der Waals surface area contributed by atoms with E-state index >= 15 is 0 Å². The number of aromatic nitrogens is 2. The number of carboxylic acid groups (broad SMARTS) is 1. The SMILES string of the molecule is Cc1noc(C)c1-c1cc(S(=O)(=O)N[C@H]2C[C@H](NC(=O)O)C2)c2cccnc2c1. The van der Waals surface area contributed by atoms with E-state index in [1.807, 2.05) is 6.07 Å². The van der Waals surface area contributed by atoms with E-state index in [0.29, 0.717) is 40.8 Å². The van der Waals surface area contributed by atoms with E-state index in [9.17, 15) is 13.2 Å². The smallest absolute Gasteiger partial charge is 0.404 e. The summed E-state index contributed by atoms with van der Waals surface area (Å²) < 4.78 is 34.2. The second kappa shape index (κ2) is 7.12. The van der Waals surface area contributed by atoms with Crippen molar-refractivity contribution in [3.05, 3.63) is 41.9 Å². The molecule has 1 fully saturated rings. The topological polar surface area (TPSA) is 134 Å². The van der Waals surface area contributed by atoms with Gasteiger partial charge in [0, 0.05) is 29.2 Å². The van der Waals surface area contributed by atoms with Gasteiger partial charge in [0.2, 0.25) is 10.0 Å². The zero-order valence-corrected chi connectivity index (χ0v) is 16.7. The first-order valence-corrected chi connectivity index (χ1v) is 10.6. The molecule has 3 N–H and O–H groups in total. The number of nitrogens with one attached hydrogen (secondary N) is 2. The van der Waals surface area contributed by atoms with Crippen LogP contribution in [0.5, 0.6) is 0 Å². The summed E-state index contributed by atoms with van der Waals surface area (Å²) in [6, 6.07) is 6.25. The standard InChI is InChI=1S/C19H20N4O5S/c1-10-18(11(2)28-22-10)12-6-16-15(4-3-5-20-16)17(7-12)29(26,27)23-14-8-13(9-14)21-19(24)25/h3-7,13-14,21,23H,8-9H2,1-2H3,(H,24,25)/t13-,14-. The summed E-state index contributed by atoms with van der Waals surface area (Å²) in [6.07, 6.45) is 1.31. The highest BCUT2D eigenvalue weighted by molar-refractivity contribution is 7.89. The maximum absolute atomic E-state index is 13.2. The number of fused-ring (bicyclic) bond motifs is 1. The third-order valence-electron chi connectivity index (χ3n) is 5.08. The molecule has 152 valence electrons. The molecule has 0 unspecified atom stereocenters. The number of carbonyl (C=O) groups is 1. The molecule has 4 rings (SSSR count). The lowest BCUT2D eigenvalue weighted by Crippen LogP contribution is -2.53. The number of amides is 1. The van der Waals surface area contributed by atoms with Crippen molar-refractivity contribution in [2.75, 3.05) is 0 Å². The Morgan fingerprint density at radius 2 is 2.00 bits per heavy atom. The van der Waals surface area contributed by atoms with Gasteiger partial charge in [-0.1, -0.05) is 5.16 Å². The largest absolute Gasteiger partial charge is 0.465 e. The van der Waals surface area contributed by atoms with Crippen LogP contribution in [0.4, 0.5) is 4.79 Å².